The van der Waals surface area contributed by atoms with E-state index in [4.69, 9.17) is 49.0 Å². The molecule has 0 unspecified atom stereocenters. The Balaban J connectivity index is 0.000000168. The Labute approximate surface area is 780 Å². The quantitative estimate of drug-likeness (QED) is 0.0208. The van der Waals surface area contributed by atoms with Crippen molar-refractivity contribution >= 4 is 169 Å². The van der Waals surface area contributed by atoms with Gasteiger partial charge in [-0.2, -0.15) is 15.0 Å². The van der Waals surface area contributed by atoms with Crippen LogP contribution in [0.5, 0.6) is 17.2 Å². The molecule has 3 fully saturated rings. The van der Waals surface area contributed by atoms with E-state index in [2.05, 4.69) is 72.4 Å². The highest BCUT2D eigenvalue weighted by molar-refractivity contribution is 7.92. The highest BCUT2D eigenvalue weighted by Gasteiger charge is 2.43. The number of nitrogens with zero attached hydrogens (tertiary/aromatic N) is 11. The Morgan fingerprint density at radius 1 is 0.432 bits per heavy atom. The van der Waals surface area contributed by atoms with Crippen molar-refractivity contribution in [2.24, 2.45) is 0 Å². The first-order valence-corrected chi connectivity index (χ1v) is 48.7. The number of benzene rings is 6. The first-order valence-electron chi connectivity index (χ1n) is 43.0. The van der Waals surface area contributed by atoms with Gasteiger partial charge >= 0.3 is 18.0 Å². The van der Waals surface area contributed by atoms with Gasteiger partial charge in [-0.05, 0) is 198 Å². The van der Waals surface area contributed by atoms with E-state index in [1.807, 2.05) is 57.4 Å². The maximum atomic E-state index is 13.7. The molecule has 6 aliphatic rings. The third-order valence-corrected chi connectivity index (χ3v) is 30.1. The Morgan fingerprint density at radius 3 is 0.985 bits per heavy atom. The van der Waals surface area contributed by atoms with Crippen LogP contribution in [0.25, 0.3) is 0 Å². The zero-order valence-corrected chi connectivity index (χ0v) is 79.8. The molecular weight excluding hydrogens is 1820 g/mol. The van der Waals surface area contributed by atoms with Gasteiger partial charge in [0.2, 0.25) is 17.8 Å². The molecule has 9 heterocycles. The number of para-hydroxylation sites is 3. The Bertz CT molecular complexity index is 6040. The minimum absolute atomic E-state index is 0.0201. The van der Waals surface area contributed by atoms with Gasteiger partial charge in [0.1, 0.15) is 44.4 Å². The number of carboxylic acid groups (broad SMARTS) is 2. The molecule has 0 spiro atoms. The third-order valence-electron chi connectivity index (χ3n) is 22.6. The minimum atomic E-state index is -3.60. The Hall–Kier alpha value is -12.0. The number of sulfone groups is 3. The van der Waals surface area contributed by atoms with E-state index in [1.54, 1.807) is 161 Å². The molecule has 6 aliphatic heterocycles. The number of carboxylic acids is 2. The summed E-state index contributed by atoms with van der Waals surface area (Å²) in [6.07, 6.45) is 5.74. The third kappa shape index (κ3) is 21.8. The summed E-state index contributed by atoms with van der Waals surface area (Å²) < 4.78 is 96.0. The molecule has 3 saturated heterocycles. The predicted molar refractivity (Wildman–Crippen MR) is 503 cm³/mol. The van der Waals surface area contributed by atoms with Gasteiger partial charge in [0.05, 0.1) is 101 Å². The van der Waals surface area contributed by atoms with Crippen molar-refractivity contribution in [1.82, 2.24) is 65.0 Å². The molecule has 36 nitrogen and oxygen atoms in total. The number of likely N-dealkylation sites (tertiary alicyclic amines) is 1. The van der Waals surface area contributed by atoms with Gasteiger partial charge in [-0.1, -0.05) is 71.2 Å². The number of carbonyl (C=O) groups is 6. The Morgan fingerprint density at radius 2 is 0.720 bits per heavy atom. The molecule has 42 heteroatoms. The highest BCUT2D eigenvalue weighted by atomic mass is 35.5. The van der Waals surface area contributed by atoms with Crippen LogP contribution in [0.4, 0.5) is 74.2 Å². The molecule has 3 aromatic heterocycles. The van der Waals surface area contributed by atoms with Gasteiger partial charge < -0.3 is 91.5 Å². The summed E-state index contributed by atoms with van der Waals surface area (Å²) in [5.74, 6) is 0.172. The molecule has 0 aliphatic carbocycles. The molecule has 15 rings (SSSR count). The van der Waals surface area contributed by atoms with Crippen LogP contribution in [0.15, 0.2) is 142 Å². The molecule has 9 aromatic rings. The zero-order chi connectivity index (χ0) is 95.4. The van der Waals surface area contributed by atoms with E-state index >= 15 is 0 Å². The van der Waals surface area contributed by atoms with Crippen LogP contribution in [0.1, 0.15) is 157 Å². The normalized spacial score (nSPS) is 17.3. The predicted octanol–water partition coefficient (Wildman–Crippen LogP) is 14.4. The molecule has 0 saturated carbocycles. The van der Waals surface area contributed by atoms with Crippen molar-refractivity contribution in [3.8, 4) is 17.2 Å². The standard InChI is InChI=1S/C32H40ClN7O5S.2C29H33ClN6O6S/c1-19(2)45-27-15-21-18-40(22-11-13-39(14-12-22)32(42)38(5)6)30(41)23(21)16-26(27)36-31-34-17-24(33)29(37-31)35-25-9-7-8-10-28(25)46(43,44)20(3)4;2*1-15(2)42-24-9-17-14-36(18-10-23(28(38)39)31-12-18)27(37)19(17)11-22(24)34-29-32-13-20(30)26(35-29)33-21-7-5-6-8-25(21)43(40,41)16(3)4/h7-10,15-17,19-20,22H,11-14,18H2,1-6H3,(H2,34,35,36,37);2*5-9,11,13,15-16,18,23,31H,10,12,14H2,1-4H3,(H,38,39)(H2,32,33,34,35)/t;18-,23+;18-,23-/m.10/s1. The minimum Gasteiger partial charge on any atom is -0.489 e. The second-order valence-electron chi connectivity index (χ2n) is 34.3. The zero-order valence-electron chi connectivity index (χ0n) is 75.0. The van der Waals surface area contributed by atoms with Crippen LogP contribution in [0, 0.1) is 0 Å². The largest absolute Gasteiger partial charge is 0.489 e. The molecule has 0 radical (unpaired) electrons. The second-order valence-corrected chi connectivity index (χ2v) is 42.9. The number of rotatable bonds is 29. The molecule has 10 N–H and O–H groups in total. The van der Waals surface area contributed by atoms with Crippen molar-refractivity contribution in [2.45, 2.75) is 207 Å². The van der Waals surface area contributed by atoms with Gasteiger partial charge in [0, 0.05) is 94.7 Å². The number of piperidine rings is 1. The monoisotopic (exact) mass is 1930 g/mol. The molecule has 0 bridgehead atoms. The summed E-state index contributed by atoms with van der Waals surface area (Å²) >= 11 is 19.2. The number of urea groups is 1. The summed E-state index contributed by atoms with van der Waals surface area (Å²) in [7, 11) is -7.30. The van der Waals surface area contributed by atoms with Crippen molar-refractivity contribution in [2.75, 3.05) is 72.2 Å². The average Bonchev–Trinajstić information content (AvgIpc) is 1.66. The van der Waals surface area contributed by atoms with E-state index in [0.29, 0.717) is 140 Å². The first-order chi connectivity index (χ1) is 62.4. The maximum absolute atomic E-state index is 13.7. The first kappa shape index (κ1) is 97.5. The molecule has 4 atom stereocenters. The molecular formula is C90H106Cl3N19O17S3. The Kier molecular flexibility index (Phi) is 30.0. The number of amides is 5. The van der Waals surface area contributed by atoms with Crippen LogP contribution < -0.4 is 56.7 Å². The van der Waals surface area contributed by atoms with Crippen molar-refractivity contribution in [1.29, 1.82) is 0 Å². The molecule has 6 aromatic carbocycles. The van der Waals surface area contributed by atoms with Crippen LogP contribution in [0.3, 0.4) is 0 Å². The fourth-order valence-corrected chi connectivity index (χ4v) is 19.8. The smallest absolute Gasteiger partial charge is 0.320 e. The van der Waals surface area contributed by atoms with Crippen LogP contribution in [-0.4, -0.2) is 230 Å². The van der Waals surface area contributed by atoms with E-state index in [1.165, 1.54) is 30.7 Å². The summed E-state index contributed by atoms with van der Waals surface area (Å²) in [4.78, 5) is 111. The number of hydrogen-bond donors (Lipinski definition) is 10. The summed E-state index contributed by atoms with van der Waals surface area (Å²) in [6.45, 7) is 24.2. The van der Waals surface area contributed by atoms with Gasteiger partial charge in [-0.3, -0.25) is 24.0 Å². The van der Waals surface area contributed by atoms with Gasteiger partial charge in [-0.15, -0.1) is 0 Å². The van der Waals surface area contributed by atoms with Gasteiger partial charge in [0.15, 0.2) is 47.0 Å². The highest BCUT2D eigenvalue weighted by Crippen LogP contribution is 2.44. The van der Waals surface area contributed by atoms with Crippen molar-refractivity contribution in [3.05, 3.63) is 176 Å². The van der Waals surface area contributed by atoms with Crippen LogP contribution in [-0.2, 0) is 58.7 Å². The van der Waals surface area contributed by atoms with Crippen molar-refractivity contribution < 1.29 is 78.4 Å². The van der Waals surface area contributed by atoms with E-state index in [-0.39, 0.29) is 125 Å². The number of anilines is 12. The van der Waals surface area contributed by atoms with Crippen LogP contribution >= 0.6 is 34.8 Å². The fraction of sp³-hybridized carbons (Fsp3) is 0.400. The summed E-state index contributed by atoms with van der Waals surface area (Å²) in [5, 5.41) is 41.9. The number of carbonyl (C=O) groups excluding carboxylic acids is 4. The lowest BCUT2D eigenvalue weighted by molar-refractivity contribution is -0.140. The average molecular weight is 1930 g/mol. The molecule has 5 amide bonds. The maximum Gasteiger partial charge on any atom is 0.320 e. The van der Waals surface area contributed by atoms with E-state index in [9.17, 15) is 64.2 Å². The number of ether oxygens (including phenoxy) is 3. The lowest BCUT2D eigenvalue weighted by Crippen LogP contribution is -2.49. The summed E-state index contributed by atoms with van der Waals surface area (Å²) in [5.41, 5.74) is 6.29. The fourth-order valence-electron chi connectivity index (χ4n) is 15.8. The van der Waals surface area contributed by atoms with Crippen LogP contribution in [0.2, 0.25) is 15.1 Å². The van der Waals surface area contributed by atoms with E-state index < -0.39 is 69.3 Å². The van der Waals surface area contributed by atoms with Gasteiger partial charge in [0.25, 0.3) is 17.7 Å². The number of halogens is 3. The number of aliphatic carboxylic acids is 2. The second kappa shape index (κ2) is 40.6. The lowest BCUT2D eigenvalue weighted by Gasteiger charge is -2.37. The van der Waals surface area contributed by atoms with Gasteiger partial charge in [-0.25, -0.2) is 45.0 Å². The number of fused-ring (bicyclic) bond motifs is 3. The molecule has 702 valence electrons. The number of aromatic nitrogens is 6. The lowest BCUT2D eigenvalue weighted by atomic mass is 10.0. The number of nitrogens with one attached hydrogen (secondary N) is 8. The van der Waals surface area contributed by atoms with Crippen molar-refractivity contribution in [3.63, 3.8) is 0 Å². The molecule has 132 heavy (non-hydrogen) atoms. The summed E-state index contributed by atoms with van der Waals surface area (Å²) in [6, 6.07) is 28.3. The number of hydrogen-bond acceptors (Lipinski definition) is 29. The van der Waals surface area contributed by atoms with E-state index in [0.717, 1.165) is 16.7 Å². The topological polar surface area (TPSA) is 463 Å². The SMILES string of the molecule is CC(C)Oc1cc2c(cc1Nc1ncc(Cl)c(Nc3ccccc3S(=O)(=O)C(C)C)n1)C(=O)N(C1CCN(C(=O)N(C)C)CC1)C2.CC(C)Oc1cc2c(cc1Nc1ncc(Cl)c(Nc3ccccc3S(=O)(=O)C(C)C)n1)C(=O)N([C@@H]1CN[C@H](C(=O)O)C1)C2.CC(C)Oc1cc2c(cc1Nc1ncc(Cl)c(Nc3ccccc3S(=O)(=O)C(C)C)n1)C(=O)N([C@H]1CN[C@H](C(=O)O)C1)C2.